The summed E-state index contributed by atoms with van der Waals surface area (Å²) < 4.78 is 9.46. The fourth-order valence-electron chi connectivity index (χ4n) is 1.55. The van der Waals surface area contributed by atoms with Crippen LogP contribution in [0.2, 0.25) is 15.1 Å². The number of nitrogens with one attached hydrogen (secondary N) is 1. The number of ether oxygens (including phenoxy) is 2. The van der Waals surface area contributed by atoms with E-state index in [2.05, 4.69) is 10.1 Å². The number of carbonyl (C=O) groups is 2. The van der Waals surface area contributed by atoms with Crippen LogP contribution in [0.5, 0.6) is 0 Å². The van der Waals surface area contributed by atoms with Crippen molar-refractivity contribution in [2.75, 3.05) is 19.0 Å². The Hall–Kier alpha value is -1.94. The number of halogens is 3. The van der Waals surface area contributed by atoms with Crippen molar-refractivity contribution in [1.29, 1.82) is 5.26 Å². The van der Waals surface area contributed by atoms with Crippen molar-refractivity contribution in [2.45, 2.75) is 13.3 Å². The molecule has 1 aromatic carbocycles. The molecule has 6 nitrogen and oxygen atoms in total. The van der Waals surface area contributed by atoms with Gasteiger partial charge in [-0.05, 0) is 12.5 Å². The third-order valence-electron chi connectivity index (χ3n) is 2.70. The highest BCUT2D eigenvalue weighted by atomic mass is 35.5. The highest BCUT2D eigenvalue weighted by Gasteiger charge is 2.21. The summed E-state index contributed by atoms with van der Waals surface area (Å²) in [4.78, 5) is 23.4. The van der Waals surface area contributed by atoms with Gasteiger partial charge in [0, 0.05) is 6.20 Å². The Bertz CT molecular complexity index is 726. The highest BCUT2D eigenvalue weighted by Crippen LogP contribution is 2.38. The van der Waals surface area contributed by atoms with Crippen molar-refractivity contribution in [2.24, 2.45) is 0 Å². The summed E-state index contributed by atoms with van der Waals surface area (Å²) in [5.74, 6) is -1.56. The van der Waals surface area contributed by atoms with Gasteiger partial charge in [-0.1, -0.05) is 41.7 Å². The summed E-state index contributed by atoms with van der Waals surface area (Å²) in [6.45, 7) is 2.02. The number of nitriles is 1. The third kappa shape index (κ3) is 4.78. The smallest absolute Gasteiger partial charge is 0.350 e. The predicted octanol–water partition coefficient (Wildman–Crippen LogP) is 4.21. The second kappa shape index (κ2) is 9.38. The van der Waals surface area contributed by atoms with Crippen LogP contribution in [0.25, 0.3) is 0 Å². The van der Waals surface area contributed by atoms with Crippen molar-refractivity contribution < 1.29 is 19.1 Å². The molecule has 1 N–H and O–H groups in total. The number of methoxy groups -OCH3 is 1. The number of hydrogen-bond donors (Lipinski definition) is 1. The van der Waals surface area contributed by atoms with Gasteiger partial charge in [0.25, 0.3) is 0 Å². The van der Waals surface area contributed by atoms with Gasteiger partial charge in [-0.15, -0.1) is 0 Å². The van der Waals surface area contributed by atoms with Crippen LogP contribution < -0.4 is 5.32 Å². The average Bonchev–Trinajstić information content (AvgIpc) is 2.57. The van der Waals surface area contributed by atoms with Gasteiger partial charge >= 0.3 is 11.9 Å². The molecule has 0 spiro atoms. The Morgan fingerprint density at radius 2 is 2.00 bits per heavy atom. The zero-order valence-electron chi connectivity index (χ0n) is 12.8. The molecule has 24 heavy (non-hydrogen) atoms. The molecule has 0 saturated carbocycles. The lowest BCUT2D eigenvalue weighted by Crippen LogP contribution is -2.09. The summed E-state index contributed by atoms with van der Waals surface area (Å²) >= 11 is 18.0. The van der Waals surface area contributed by atoms with Gasteiger partial charge in [0.05, 0.1) is 34.5 Å². The van der Waals surface area contributed by atoms with E-state index in [1.807, 2.05) is 6.92 Å². The van der Waals surface area contributed by atoms with Crippen LogP contribution in [0.3, 0.4) is 0 Å². The van der Waals surface area contributed by atoms with E-state index < -0.39 is 11.9 Å². The maximum atomic E-state index is 11.8. The van der Waals surface area contributed by atoms with Crippen molar-refractivity contribution in [3.05, 3.63) is 38.5 Å². The fraction of sp³-hybridized carbons (Fsp3) is 0.267. The minimum absolute atomic E-state index is 0.0458. The first kappa shape index (κ1) is 20.1. The van der Waals surface area contributed by atoms with E-state index in [-0.39, 0.29) is 38.5 Å². The van der Waals surface area contributed by atoms with Crippen molar-refractivity contribution in [3.8, 4) is 6.07 Å². The normalized spacial score (nSPS) is 10.8. The molecular formula is C15H13Cl3N2O4. The molecule has 0 bridgehead atoms. The van der Waals surface area contributed by atoms with Crippen LogP contribution in [-0.2, 0) is 14.3 Å². The van der Waals surface area contributed by atoms with Crippen LogP contribution in [0.1, 0.15) is 23.7 Å². The number of esters is 2. The first-order chi connectivity index (χ1) is 11.4. The fourth-order valence-corrected chi connectivity index (χ4v) is 2.31. The van der Waals surface area contributed by atoms with Crippen LogP contribution in [-0.4, -0.2) is 25.7 Å². The number of carbonyl (C=O) groups excluding carboxylic acids is 2. The summed E-state index contributed by atoms with van der Waals surface area (Å²) in [6.07, 6.45) is 1.73. The lowest BCUT2D eigenvalue weighted by molar-refractivity contribution is -0.138. The second-order valence-corrected chi connectivity index (χ2v) is 5.51. The largest absolute Gasteiger partial charge is 0.465 e. The highest BCUT2D eigenvalue weighted by molar-refractivity contribution is 6.47. The van der Waals surface area contributed by atoms with Gasteiger partial charge in [0.2, 0.25) is 0 Å². The SMILES string of the molecule is CCCOC(=O)C(C#N)=CNc1cc(Cl)c(Cl)c(C(=O)OC)c1Cl. The van der Waals surface area contributed by atoms with Gasteiger partial charge in [-0.3, -0.25) is 0 Å². The summed E-state index contributed by atoms with van der Waals surface area (Å²) in [7, 11) is 1.17. The number of rotatable bonds is 6. The van der Waals surface area contributed by atoms with Crippen LogP contribution in [0, 0.1) is 11.3 Å². The monoisotopic (exact) mass is 390 g/mol. The summed E-state index contributed by atoms with van der Waals surface area (Å²) in [5, 5.41) is 11.6. The van der Waals surface area contributed by atoms with E-state index in [0.717, 1.165) is 6.20 Å². The number of nitrogens with zero attached hydrogens (tertiary/aromatic N) is 1. The molecule has 0 aromatic heterocycles. The van der Waals surface area contributed by atoms with E-state index >= 15 is 0 Å². The Labute approximate surface area is 153 Å². The number of benzene rings is 1. The Balaban J connectivity index is 3.18. The van der Waals surface area contributed by atoms with Crippen LogP contribution in [0.4, 0.5) is 5.69 Å². The third-order valence-corrected chi connectivity index (χ3v) is 3.88. The molecule has 0 aliphatic rings. The molecule has 1 rings (SSSR count). The molecule has 0 aliphatic carbocycles. The molecule has 9 heteroatoms. The van der Waals surface area contributed by atoms with Crippen LogP contribution in [0.15, 0.2) is 17.8 Å². The molecule has 0 unspecified atom stereocenters. The van der Waals surface area contributed by atoms with Gasteiger partial charge < -0.3 is 14.8 Å². The van der Waals surface area contributed by atoms with Gasteiger partial charge in [-0.25, -0.2) is 9.59 Å². The van der Waals surface area contributed by atoms with E-state index in [1.165, 1.54) is 13.2 Å². The molecule has 0 heterocycles. The quantitative estimate of drug-likeness (QED) is 0.338. The summed E-state index contributed by atoms with van der Waals surface area (Å²) in [6, 6.07) is 3.05. The Morgan fingerprint density at radius 1 is 1.33 bits per heavy atom. The molecule has 0 radical (unpaired) electrons. The maximum Gasteiger partial charge on any atom is 0.350 e. The lowest BCUT2D eigenvalue weighted by atomic mass is 10.2. The molecule has 0 fully saturated rings. The van der Waals surface area contributed by atoms with Gasteiger partial charge in [-0.2, -0.15) is 5.26 Å². The molecule has 0 saturated heterocycles. The molecule has 0 amide bonds. The lowest BCUT2D eigenvalue weighted by Gasteiger charge is -2.12. The van der Waals surface area contributed by atoms with Gasteiger partial charge in [0.15, 0.2) is 5.57 Å². The standard InChI is InChI=1S/C15H13Cl3N2O4/c1-3-4-24-14(21)8(6-19)7-20-10-5-9(16)12(17)11(13(10)18)15(22)23-2/h5,7,20H,3-4H2,1-2H3. The summed E-state index contributed by atoms with van der Waals surface area (Å²) in [5.41, 5.74) is -0.232. The first-order valence-electron chi connectivity index (χ1n) is 6.67. The molecule has 0 aliphatic heterocycles. The van der Waals surface area contributed by atoms with Crippen molar-refractivity contribution in [1.82, 2.24) is 0 Å². The molecule has 1 aromatic rings. The zero-order valence-corrected chi connectivity index (χ0v) is 15.1. The first-order valence-corrected chi connectivity index (χ1v) is 7.80. The van der Waals surface area contributed by atoms with Crippen LogP contribution >= 0.6 is 34.8 Å². The van der Waals surface area contributed by atoms with Crippen molar-refractivity contribution >= 4 is 52.4 Å². The maximum absolute atomic E-state index is 11.8. The molecule has 128 valence electrons. The minimum Gasteiger partial charge on any atom is -0.465 e. The van der Waals surface area contributed by atoms with Crippen molar-refractivity contribution in [3.63, 3.8) is 0 Å². The second-order valence-electron chi connectivity index (χ2n) is 4.35. The van der Waals surface area contributed by atoms with E-state index in [0.29, 0.717) is 6.42 Å². The number of hydrogen-bond acceptors (Lipinski definition) is 6. The Kier molecular flexibility index (Phi) is 7.86. The molecule has 0 atom stereocenters. The Morgan fingerprint density at radius 3 is 2.54 bits per heavy atom. The number of anilines is 1. The van der Waals surface area contributed by atoms with Gasteiger partial charge in [0.1, 0.15) is 11.6 Å². The van der Waals surface area contributed by atoms with E-state index in [9.17, 15) is 9.59 Å². The predicted molar refractivity (Wildman–Crippen MR) is 91.4 cm³/mol. The minimum atomic E-state index is -0.781. The average molecular weight is 392 g/mol. The van der Waals surface area contributed by atoms with E-state index in [4.69, 9.17) is 44.8 Å². The van der Waals surface area contributed by atoms with E-state index in [1.54, 1.807) is 6.07 Å². The zero-order chi connectivity index (χ0) is 18.3. The topological polar surface area (TPSA) is 88.4 Å². The molecular weight excluding hydrogens is 379 g/mol.